The molecule has 0 saturated carbocycles. The molecule has 6 heteroatoms. The molecule has 0 saturated heterocycles. The van der Waals surface area contributed by atoms with Gasteiger partial charge in [0.2, 0.25) is 0 Å². The number of carboxylic acid groups (broad SMARTS) is 1. The summed E-state index contributed by atoms with van der Waals surface area (Å²) in [7, 11) is 0. The van der Waals surface area contributed by atoms with Gasteiger partial charge < -0.3 is 5.11 Å². The van der Waals surface area contributed by atoms with Crippen LogP contribution in [0.2, 0.25) is 0 Å². The predicted molar refractivity (Wildman–Crippen MR) is 54.4 cm³/mol. The van der Waals surface area contributed by atoms with Crippen molar-refractivity contribution in [2.45, 2.75) is 0 Å². The number of carbonyl (C=O) groups is 1. The average Bonchev–Trinajstić information content (AvgIpc) is 1.85. The fourth-order valence-electron chi connectivity index (χ4n) is 0.485. The van der Waals surface area contributed by atoms with Gasteiger partial charge in [0.25, 0.3) is 0 Å². The summed E-state index contributed by atoms with van der Waals surface area (Å²) in [6.45, 7) is 0. The van der Waals surface area contributed by atoms with Crippen molar-refractivity contribution in [3.8, 4) is 0 Å². The molecule has 1 heterocycles. The minimum atomic E-state index is -0.995. The Hall–Kier alpha value is 0.01000. The van der Waals surface area contributed by atoms with Crippen LogP contribution < -0.4 is 0 Å². The second kappa shape index (κ2) is 3.61. The molecule has 0 bridgehead atoms. The average molecular weight is 376 g/mol. The largest absolute Gasteiger partial charge is 0.478 e. The quantitative estimate of drug-likeness (QED) is 0.457. The fraction of sp³-hybridized carbons (Fsp3) is 0. The van der Waals surface area contributed by atoms with Crippen molar-refractivity contribution in [3.63, 3.8) is 0 Å². The van der Waals surface area contributed by atoms with Crippen molar-refractivity contribution < 1.29 is 9.90 Å². The number of hydrogen-bond acceptors (Lipinski definition) is 3. The number of aromatic nitrogens is 2. The summed E-state index contributed by atoms with van der Waals surface area (Å²) in [6.07, 6.45) is 1.30. The van der Waals surface area contributed by atoms with E-state index in [0.29, 0.717) is 7.53 Å². The summed E-state index contributed by atoms with van der Waals surface area (Å²) >= 11 is 3.79. The van der Waals surface area contributed by atoms with Crippen LogP contribution in [0.25, 0.3) is 0 Å². The van der Waals surface area contributed by atoms with Crippen LogP contribution in [-0.4, -0.2) is 21.0 Å². The summed E-state index contributed by atoms with van der Waals surface area (Å²) in [5, 5.41) is 8.57. The van der Waals surface area contributed by atoms with Gasteiger partial charge in [0, 0.05) is 28.8 Å². The molecular weight excluding hydrogens is 374 g/mol. The third kappa shape index (κ3) is 2.22. The molecular formula is C5H2I2N2O2. The van der Waals surface area contributed by atoms with E-state index in [2.05, 4.69) is 9.97 Å². The lowest BCUT2D eigenvalue weighted by Gasteiger charge is -1.95. The Morgan fingerprint density at radius 3 is 2.64 bits per heavy atom. The van der Waals surface area contributed by atoms with Crippen LogP contribution in [0, 0.1) is 7.53 Å². The van der Waals surface area contributed by atoms with Gasteiger partial charge in [-0.3, -0.25) is 0 Å². The Morgan fingerprint density at radius 2 is 2.18 bits per heavy atom. The fourth-order valence-corrected chi connectivity index (χ4v) is 1.93. The molecule has 0 aliphatic rings. The molecule has 0 aliphatic heterocycles. The van der Waals surface area contributed by atoms with Gasteiger partial charge in [0.15, 0.2) is 3.83 Å². The van der Waals surface area contributed by atoms with Gasteiger partial charge in [-0.25, -0.2) is 14.8 Å². The van der Waals surface area contributed by atoms with Crippen LogP contribution >= 0.6 is 45.2 Å². The van der Waals surface area contributed by atoms with E-state index in [1.54, 1.807) is 0 Å². The van der Waals surface area contributed by atoms with Crippen molar-refractivity contribution in [3.05, 3.63) is 19.3 Å². The third-order valence-corrected chi connectivity index (χ3v) is 2.29. The van der Waals surface area contributed by atoms with Crippen LogP contribution in [0.5, 0.6) is 0 Å². The van der Waals surface area contributed by atoms with Gasteiger partial charge in [0.05, 0.1) is 0 Å². The second-order valence-corrected chi connectivity index (χ2v) is 3.64. The van der Waals surface area contributed by atoms with Gasteiger partial charge in [-0.15, -0.1) is 0 Å². The highest BCUT2D eigenvalue weighted by molar-refractivity contribution is 14.1. The molecule has 0 aliphatic carbocycles. The molecule has 0 radical (unpaired) electrons. The molecule has 0 atom stereocenters. The topological polar surface area (TPSA) is 63.1 Å². The zero-order valence-electron chi connectivity index (χ0n) is 5.08. The van der Waals surface area contributed by atoms with E-state index in [1.165, 1.54) is 6.20 Å². The van der Waals surface area contributed by atoms with Crippen LogP contribution in [0.15, 0.2) is 6.20 Å². The molecule has 11 heavy (non-hydrogen) atoms. The van der Waals surface area contributed by atoms with E-state index >= 15 is 0 Å². The lowest BCUT2D eigenvalue weighted by Crippen LogP contribution is -2.04. The Bertz CT molecular complexity index is 303. The van der Waals surface area contributed by atoms with Crippen LogP contribution in [0.1, 0.15) is 10.4 Å². The number of carboxylic acids is 1. The summed E-state index contributed by atoms with van der Waals surface area (Å²) in [6, 6.07) is 0. The van der Waals surface area contributed by atoms with E-state index in [4.69, 9.17) is 5.11 Å². The van der Waals surface area contributed by atoms with Gasteiger partial charge in [-0.2, -0.15) is 0 Å². The molecule has 0 unspecified atom stereocenters. The van der Waals surface area contributed by atoms with Crippen molar-refractivity contribution >= 4 is 51.2 Å². The monoisotopic (exact) mass is 376 g/mol. The normalized spacial score (nSPS) is 9.64. The molecule has 4 nitrogen and oxygen atoms in total. The number of halogens is 2. The van der Waals surface area contributed by atoms with Crippen LogP contribution in [0.3, 0.4) is 0 Å². The maximum atomic E-state index is 10.4. The Labute approximate surface area is 89.7 Å². The van der Waals surface area contributed by atoms with Crippen molar-refractivity contribution in [2.75, 3.05) is 0 Å². The van der Waals surface area contributed by atoms with Gasteiger partial charge in [-0.1, -0.05) is 0 Å². The first-order valence-corrected chi connectivity index (χ1v) is 4.68. The van der Waals surface area contributed by atoms with Gasteiger partial charge in [0.1, 0.15) is 9.26 Å². The SMILES string of the molecule is O=C(O)c1cnc(I)nc1I. The minimum absolute atomic E-state index is 0.144. The smallest absolute Gasteiger partial charge is 0.339 e. The number of rotatable bonds is 1. The zero-order valence-corrected chi connectivity index (χ0v) is 9.40. The highest BCUT2D eigenvalue weighted by Crippen LogP contribution is 2.08. The maximum Gasteiger partial charge on any atom is 0.339 e. The minimum Gasteiger partial charge on any atom is -0.478 e. The van der Waals surface area contributed by atoms with Crippen LogP contribution in [-0.2, 0) is 0 Å². The van der Waals surface area contributed by atoms with E-state index in [9.17, 15) is 4.79 Å². The molecule has 0 amide bonds. The molecule has 0 aromatic carbocycles. The highest BCUT2D eigenvalue weighted by atomic mass is 127. The molecule has 1 aromatic heterocycles. The second-order valence-electron chi connectivity index (χ2n) is 1.65. The van der Waals surface area contributed by atoms with E-state index in [0.717, 1.165) is 0 Å². The molecule has 58 valence electrons. The Kier molecular flexibility index (Phi) is 2.98. The first kappa shape index (κ1) is 9.10. The number of aromatic carboxylic acids is 1. The summed E-state index contributed by atoms with van der Waals surface area (Å²) in [5.74, 6) is -0.995. The molecule has 0 spiro atoms. The van der Waals surface area contributed by atoms with Crippen molar-refractivity contribution in [2.24, 2.45) is 0 Å². The van der Waals surface area contributed by atoms with E-state index in [1.807, 2.05) is 45.2 Å². The van der Waals surface area contributed by atoms with E-state index in [-0.39, 0.29) is 5.56 Å². The Morgan fingerprint density at radius 1 is 1.55 bits per heavy atom. The molecule has 1 N–H and O–H groups in total. The molecule has 0 fully saturated rings. The number of nitrogens with zero attached hydrogens (tertiary/aromatic N) is 2. The molecule has 1 rings (SSSR count). The standard InChI is InChI=1S/C5H2I2N2O2/c6-3-2(4(10)11)1-8-5(7)9-3/h1H,(H,10,11). The van der Waals surface area contributed by atoms with E-state index < -0.39 is 5.97 Å². The first-order valence-electron chi connectivity index (χ1n) is 2.52. The molecule has 1 aromatic rings. The van der Waals surface area contributed by atoms with Crippen molar-refractivity contribution in [1.29, 1.82) is 0 Å². The highest BCUT2D eigenvalue weighted by Gasteiger charge is 2.09. The van der Waals surface area contributed by atoms with Crippen molar-refractivity contribution in [1.82, 2.24) is 9.97 Å². The predicted octanol–water partition coefficient (Wildman–Crippen LogP) is 1.38. The zero-order chi connectivity index (χ0) is 8.43. The summed E-state index contributed by atoms with van der Waals surface area (Å²) in [4.78, 5) is 18.1. The lowest BCUT2D eigenvalue weighted by molar-refractivity contribution is 0.0694. The maximum absolute atomic E-state index is 10.4. The summed E-state index contributed by atoms with van der Waals surface area (Å²) in [5.41, 5.74) is 0.144. The first-order chi connectivity index (χ1) is 5.11. The van der Waals surface area contributed by atoms with Gasteiger partial charge in [-0.05, 0) is 22.6 Å². The van der Waals surface area contributed by atoms with Gasteiger partial charge >= 0.3 is 5.97 Å². The summed E-state index contributed by atoms with van der Waals surface area (Å²) < 4.78 is 1.02. The lowest BCUT2D eigenvalue weighted by atomic mass is 10.4. The van der Waals surface area contributed by atoms with Crippen LogP contribution in [0.4, 0.5) is 0 Å². The Balaban J connectivity index is 3.20. The third-order valence-electron chi connectivity index (χ3n) is 0.943. The number of hydrogen-bond donors (Lipinski definition) is 1.